The number of likely N-dealkylation sites (tertiary alicyclic amines) is 1. The molecule has 16 heavy (non-hydrogen) atoms. The molecule has 1 fully saturated rings. The summed E-state index contributed by atoms with van der Waals surface area (Å²) in [5.41, 5.74) is 5.82. The van der Waals surface area contributed by atoms with Gasteiger partial charge < -0.3 is 15.0 Å². The Hall–Kier alpha value is -0.980. The zero-order valence-electron chi connectivity index (χ0n) is 9.56. The van der Waals surface area contributed by atoms with Crippen LogP contribution in [0.25, 0.3) is 0 Å². The molecule has 1 aromatic rings. The number of nitrogens with zero attached hydrogens (tertiary/aromatic N) is 3. The molecule has 0 saturated carbocycles. The van der Waals surface area contributed by atoms with Crippen molar-refractivity contribution in [1.29, 1.82) is 0 Å². The largest absolute Gasteiger partial charge is 0.356 e. The van der Waals surface area contributed by atoms with Crippen molar-refractivity contribution < 1.29 is 9.26 Å². The van der Waals surface area contributed by atoms with E-state index >= 15 is 0 Å². The van der Waals surface area contributed by atoms with Crippen LogP contribution in [0.1, 0.15) is 24.6 Å². The SMILES string of the molecule is Cc1noc(COCN2CCC(N)CC2)n1. The van der Waals surface area contributed by atoms with Gasteiger partial charge in [-0.05, 0) is 19.8 Å². The molecule has 1 saturated heterocycles. The van der Waals surface area contributed by atoms with E-state index in [-0.39, 0.29) is 0 Å². The average Bonchev–Trinajstić information content (AvgIpc) is 2.67. The Morgan fingerprint density at radius 2 is 2.25 bits per heavy atom. The van der Waals surface area contributed by atoms with Gasteiger partial charge in [-0.2, -0.15) is 4.98 Å². The number of hydrogen-bond donors (Lipinski definition) is 1. The van der Waals surface area contributed by atoms with Gasteiger partial charge in [0.05, 0.1) is 6.73 Å². The zero-order chi connectivity index (χ0) is 11.4. The molecule has 0 unspecified atom stereocenters. The van der Waals surface area contributed by atoms with E-state index < -0.39 is 0 Å². The maximum Gasteiger partial charge on any atom is 0.252 e. The van der Waals surface area contributed by atoms with Gasteiger partial charge in [-0.3, -0.25) is 4.90 Å². The molecule has 2 N–H and O–H groups in total. The summed E-state index contributed by atoms with van der Waals surface area (Å²) in [6.45, 7) is 4.78. The van der Waals surface area contributed by atoms with Crippen molar-refractivity contribution in [3.05, 3.63) is 11.7 Å². The molecular formula is C10H18N4O2. The Morgan fingerprint density at radius 1 is 1.50 bits per heavy atom. The fourth-order valence-electron chi connectivity index (χ4n) is 1.74. The Kier molecular flexibility index (Phi) is 3.87. The van der Waals surface area contributed by atoms with E-state index in [0.717, 1.165) is 25.9 Å². The molecule has 1 aliphatic heterocycles. The highest BCUT2D eigenvalue weighted by atomic mass is 16.5. The van der Waals surface area contributed by atoms with Crippen LogP contribution in [0, 0.1) is 6.92 Å². The zero-order valence-corrected chi connectivity index (χ0v) is 9.56. The van der Waals surface area contributed by atoms with Gasteiger partial charge in [0, 0.05) is 19.1 Å². The topological polar surface area (TPSA) is 77.4 Å². The fourth-order valence-corrected chi connectivity index (χ4v) is 1.74. The maximum absolute atomic E-state index is 5.82. The maximum atomic E-state index is 5.82. The lowest BCUT2D eigenvalue weighted by molar-refractivity contribution is -0.00202. The molecule has 0 spiro atoms. The van der Waals surface area contributed by atoms with Crippen molar-refractivity contribution in [2.45, 2.75) is 32.4 Å². The lowest BCUT2D eigenvalue weighted by Gasteiger charge is -2.29. The molecule has 0 radical (unpaired) electrons. The summed E-state index contributed by atoms with van der Waals surface area (Å²) in [6.07, 6.45) is 2.09. The summed E-state index contributed by atoms with van der Waals surface area (Å²) in [5, 5.41) is 3.70. The third kappa shape index (κ3) is 3.26. The molecule has 2 heterocycles. The number of nitrogens with two attached hydrogens (primary N) is 1. The number of rotatable bonds is 4. The predicted molar refractivity (Wildman–Crippen MR) is 57.5 cm³/mol. The molecule has 0 atom stereocenters. The summed E-state index contributed by atoms with van der Waals surface area (Å²) in [7, 11) is 0. The predicted octanol–water partition coefficient (Wildman–Crippen LogP) is 0.275. The van der Waals surface area contributed by atoms with Crippen LogP contribution in [-0.2, 0) is 11.3 Å². The van der Waals surface area contributed by atoms with Crippen LogP contribution < -0.4 is 5.73 Å². The molecule has 0 bridgehead atoms. The van der Waals surface area contributed by atoms with Crippen molar-refractivity contribution in [3.63, 3.8) is 0 Å². The standard InChI is InChI=1S/C10H18N4O2/c1-8-12-10(16-13-8)6-15-7-14-4-2-9(11)3-5-14/h9H,2-7,11H2,1H3. The van der Waals surface area contributed by atoms with Gasteiger partial charge in [0.1, 0.15) is 6.61 Å². The van der Waals surface area contributed by atoms with Crippen LogP contribution in [0.2, 0.25) is 0 Å². The molecule has 0 aliphatic carbocycles. The summed E-state index contributed by atoms with van der Waals surface area (Å²) in [5.74, 6) is 1.17. The summed E-state index contributed by atoms with van der Waals surface area (Å²) < 4.78 is 10.4. The molecule has 2 rings (SSSR count). The van der Waals surface area contributed by atoms with E-state index in [1.165, 1.54) is 0 Å². The van der Waals surface area contributed by atoms with E-state index in [4.69, 9.17) is 15.0 Å². The second-order valence-corrected chi connectivity index (χ2v) is 4.17. The molecular weight excluding hydrogens is 208 g/mol. The minimum Gasteiger partial charge on any atom is -0.356 e. The van der Waals surface area contributed by atoms with E-state index in [0.29, 0.717) is 31.1 Å². The van der Waals surface area contributed by atoms with E-state index in [1.54, 1.807) is 6.92 Å². The van der Waals surface area contributed by atoms with Gasteiger partial charge in [0.15, 0.2) is 5.82 Å². The second-order valence-electron chi connectivity index (χ2n) is 4.17. The third-order valence-electron chi connectivity index (χ3n) is 2.70. The monoisotopic (exact) mass is 226 g/mol. The summed E-state index contributed by atoms with van der Waals surface area (Å²) in [6, 6.07) is 0.356. The van der Waals surface area contributed by atoms with Crippen LogP contribution in [0.5, 0.6) is 0 Å². The van der Waals surface area contributed by atoms with Gasteiger partial charge in [0.25, 0.3) is 5.89 Å². The quantitative estimate of drug-likeness (QED) is 0.794. The smallest absolute Gasteiger partial charge is 0.252 e. The first-order chi connectivity index (χ1) is 7.74. The Labute approximate surface area is 94.7 Å². The van der Waals surface area contributed by atoms with Crippen molar-refractivity contribution >= 4 is 0 Å². The number of aryl methyl sites for hydroxylation is 1. The molecule has 0 aromatic carbocycles. The number of hydrogen-bond acceptors (Lipinski definition) is 6. The molecule has 1 aliphatic rings. The van der Waals surface area contributed by atoms with Crippen LogP contribution in [0.4, 0.5) is 0 Å². The van der Waals surface area contributed by atoms with Crippen LogP contribution in [-0.4, -0.2) is 40.9 Å². The minimum absolute atomic E-state index is 0.356. The van der Waals surface area contributed by atoms with Gasteiger partial charge >= 0.3 is 0 Å². The van der Waals surface area contributed by atoms with Gasteiger partial charge in [-0.25, -0.2) is 0 Å². The Balaban J connectivity index is 1.64. The fraction of sp³-hybridized carbons (Fsp3) is 0.800. The van der Waals surface area contributed by atoms with Crippen LogP contribution in [0.3, 0.4) is 0 Å². The number of aromatic nitrogens is 2. The van der Waals surface area contributed by atoms with E-state index in [9.17, 15) is 0 Å². The average molecular weight is 226 g/mol. The highest BCUT2D eigenvalue weighted by Gasteiger charge is 2.15. The van der Waals surface area contributed by atoms with E-state index in [2.05, 4.69) is 15.0 Å². The molecule has 90 valence electrons. The highest BCUT2D eigenvalue weighted by molar-refractivity contribution is 4.80. The van der Waals surface area contributed by atoms with Crippen LogP contribution in [0.15, 0.2) is 4.52 Å². The molecule has 6 heteroatoms. The van der Waals surface area contributed by atoms with Gasteiger partial charge in [-0.15, -0.1) is 0 Å². The van der Waals surface area contributed by atoms with Crippen molar-refractivity contribution in [1.82, 2.24) is 15.0 Å². The third-order valence-corrected chi connectivity index (χ3v) is 2.70. The molecule has 1 aromatic heterocycles. The van der Waals surface area contributed by atoms with Gasteiger partial charge in [-0.1, -0.05) is 5.16 Å². The number of piperidine rings is 1. The molecule has 0 amide bonds. The van der Waals surface area contributed by atoms with Crippen molar-refractivity contribution in [3.8, 4) is 0 Å². The van der Waals surface area contributed by atoms with Crippen molar-refractivity contribution in [2.24, 2.45) is 5.73 Å². The normalized spacial score (nSPS) is 19.1. The molecule has 6 nitrogen and oxygen atoms in total. The van der Waals surface area contributed by atoms with Crippen molar-refractivity contribution in [2.75, 3.05) is 19.8 Å². The summed E-state index contributed by atoms with van der Waals surface area (Å²) in [4.78, 5) is 6.31. The Morgan fingerprint density at radius 3 is 2.88 bits per heavy atom. The number of ether oxygens (including phenoxy) is 1. The second kappa shape index (κ2) is 5.38. The minimum atomic E-state index is 0.356. The summed E-state index contributed by atoms with van der Waals surface area (Å²) >= 11 is 0. The van der Waals surface area contributed by atoms with Crippen LogP contribution >= 0.6 is 0 Å². The Bertz CT molecular complexity index is 320. The lowest BCUT2D eigenvalue weighted by Crippen LogP contribution is -2.40. The van der Waals surface area contributed by atoms with Gasteiger partial charge in [0.2, 0.25) is 0 Å². The first-order valence-corrected chi connectivity index (χ1v) is 5.59. The first-order valence-electron chi connectivity index (χ1n) is 5.59. The van der Waals surface area contributed by atoms with E-state index in [1.807, 2.05) is 0 Å². The highest BCUT2D eigenvalue weighted by Crippen LogP contribution is 2.08. The lowest BCUT2D eigenvalue weighted by atomic mass is 10.1. The first kappa shape index (κ1) is 11.5.